The number of carbonyl (C=O) groups excluding carboxylic acids is 1. The monoisotopic (exact) mass is 507 g/mol. The average Bonchev–Trinajstić information content (AvgIpc) is 2.95. The van der Waals surface area contributed by atoms with Crippen LogP contribution >= 0.6 is 0 Å². The maximum atomic E-state index is 13.3. The van der Waals surface area contributed by atoms with Gasteiger partial charge in [-0.1, -0.05) is 0 Å². The van der Waals surface area contributed by atoms with Crippen molar-refractivity contribution in [2.45, 2.75) is 37.6 Å². The number of pyridine rings is 2. The predicted molar refractivity (Wildman–Crippen MR) is 138 cm³/mol. The van der Waals surface area contributed by atoms with Crippen LogP contribution in [0.1, 0.15) is 42.3 Å². The fourth-order valence-corrected chi connectivity index (χ4v) is 6.59. The molecule has 1 amide bonds. The van der Waals surface area contributed by atoms with Gasteiger partial charge in [-0.15, -0.1) is 0 Å². The lowest BCUT2D eigenvalue weighted by atomic mass is 9.94. The second-order valence-electron chi connectivity index (χ2n) is 9.46. The number of ether oxygens (including phenoxy) is 1. The summed E-state index contributed by atoms with van der Waals surface area (Å²) in [6.45, 7) is 6.73. The van der Waals surface area contributed by atoms with Gasteiger partial charge in [0, 0.05) is 39.5 Å². The van der Waals surface area contributed by atoms with Gasteiger partial charge in [-0.2, -0.15) is 4.31 Å². The van der Waals surface area contributed by atoms with Gasteiger partial charge in [0.15, 0.2) is 5.82 Å². The Bertz CT molecular complexity index is 1470. The minimum Gasteiger partial charge on any atom is -0.493 e. The third kappa shape index (κ3) is 3.63. The number of carbonyl (C=O) groups is 1. The summed E-state index contributed by atoms with van der Waals surface area (Å²) in [5, 5.41) is 0. The van der Waals surface area contributed by atoms with E-state index in [1.807, 2.05) is 43.9 Å². The molecule has 0 aliphatic carbocycles. The van der Waals surface area contributed by atoms with E-state index < -0.39 is 15.6 Å². The lowest BCUT2D eigenvalue weighted by Crippen LogP contribution is -2.35. The van der Waals surface area contributed by atoms with E-state index >= 15 is 0 Å². The summed E-state index contributed by atoms with van der Waals surface area (Å²) in [7, 11) is -0.159. The number of benzene rings is 1. The molecule has 0 unspecified atom stereocenters. The molecule has 4 heterocycles. The van der Waals surface area contributed by atoms with Crippen molar-refractivity contribution in [1.29, 1.82) is 0 Å². The number of aromatic nitrogens is 2. The van der Waals surface area contributed by atoms with E-state index in [4.69, 9.17) is 4.74 Å². The van der Waals surface area contributed by atoms with E-state index in [9.17, 15) is 13.2 Å². The van der Waals surface area contributed by atoms with E-state index in [2.05, 4.69) is 9.97 Å². The van der Waals surface area contributed by atoms with Gasteiger partial charge in [0.1, 0.15) is 11.6 Å². The van der Waals surface area contributed by atoms with Crippen LogP contribution in [0.3, 0.4) is 0 Å². The maximum absolute atomic E-state index is 13.3. The topological polar surface area (TPSA) is 95.9 Å². The Kier molecular flexibility index (Phi) is 5.76. The smallest absolute Gasteiger partial charge is 0.261 e. The minimum absolute atomic E-state index is 0.142. The molecule has 3 aromatic rings. The van der Waals surface area contributed by atoms with E-state index in [1.54, 1.807) is 49.6 Å². The fourth-order valence-electron chi connectivity index (χ4n) is 4.76. The van der Waals surface area contributed by atoms with Gasteiger partial charge >= 0.3 is 0 Å². The zero-order valence-corrected chi connectivity index (χ0v) is 21.8. The van der Waals surface area contributed by atoms with Gasteiger partial charge in [-0.05, 0) is 68.3 Å². The first-order chi connectivity index (χ1) is 17.1. The van der Waals surface area contributed by atoms with Gasteiger partial charge in [-0.25, -0.2) is 18.4 Å². The van der Waals surface area contributed by atoms with E-state index in [0.717, 1.165) is 16.8 Å². The number of nitrogens with zero attached hydrogens (tertiary/aromatic N) is 5. The molecule has 0 spiro atoms. The molecule has 36 heavy (non-hydrogen) atoms. The lowest BCUT2D eigenvalue weighted by Gasteiger charge is -2.26. The van der Waals surface area contributed by atoms with Crippen molar-refractivity contribution in [3.05, 3.63) is 65.5 Å². The molecule has 0 N–H and O–H groups in total. The normalized spacial score (nSPS) is 17.9. The summed E-state index contributed by atoms with van der Waals surface area (Å²) >= 11 is 0. The Labute approximate surface area is 211 Å². The third-order valence-corrected chi connectivity index (χ3v) is 9.20. The zero-order valence-electron chi connectivity index (χ0n) is 21.0. The third-order valence-electron chi connectivity index (χ3n) is 7.11. The second kappa shape index (κ2) is 8.56. The molecule has 10 heteroatoms. The number of hydrogen-bond donors (Lipinski definition) is 0. The number of fused-ring (bicyclic) bond motifs is 3. The zero-order chi connectivity index (χ0) is 25.8. The van der Waals surface area contributed by atoms with Crippen molar-refractivity contribution in [3.8, 4) is 5.75 Å². The van der Waals surface area contributed by atoms with Crippen molar-refractivity contribution < 1.29 is 17.9 Å². The van der Waals surface area contributed by atoms with Gasteiger partial charge in [0.05, 0.1) is 28.3 Å². The molecule has 0 saturated heterocycles. The van der Waals surface area contributed by atoms with Crippen LogP contribution in [0.5, 0.6) is 5.75 Å². The lowest BCUT2D eigenvalue weighted by molar-refractivity contribution is 0.0994. The van der Waals surface area contributed by atoms with Crippen LogP contribution in [0.15, 0.2) is 53.7 Å². The van der Waals surface area contributed by atoms with Crippen LogP contribution in [0.4, 0.5) is 17.3 Å². The molecule has 5 rings (SSSR count). The highest BCUT2D eigenvalue weighted by molar-refractivity contribution is 7.89. The largest absolute Gasteiger partial charge is 0.493 e. The van der Waals surface area contributed by atoms with Crippen LogP contribution in [-0.2, 0) is 22.0 Å². The van der Waals surface area contributed by atoms with E-state index in [1.165, 1.54) is 4.31 Å². The van der Waals surface area contributed by atoms with Crippen molar-refractivity contribution in [2.75, 3.05) is 37.0 Å². The molecule has 2 aromatic heterocycles. The fraction of sp³-hybridized carbons (Fsp3) is 0.346. The summed E-state index contributed by atoms with van der Waals surface area (Å²) < 4.78 is 32.7. The Hall–Kier alpha value is -3.50. The molecule has 188 valence electrons. The molecule has 2 aliphatic heterocycles. The molecule has 0 saturated carbocycles. The van der Waals surface area contributed by atoms with Gasteiger partial charge < -0.3 is 14.5 Å². The summed E-state index contributed by atoms with van der Waals surface area (Å²) in [6, 6.07) is 10.7. The number of hydrogen-bond acceptors (Lipinski definition) is 7. The highest BCUT2D eigenvalue weighted by atomic mass is 32.2. The van der Waals surface area contributed by atoms with Crippen LogP contribution in [0, 0.1) is 0 Å². The quantitative estimate of drug-likeness (QED) is 0.519. The summed E-state index contributed by atoms with van der Waals surface area (Å²) in [5.74, 6) is 1.74. The molecule has 0 fully saturated rings. The van der Waals surface area contributed by atoms with Crippen molar-refractivity contribution in [3.63, 3.8) is 0 Å². The highest BCUT2D eigenvalue weighted by Gasteiger charge is 2.46. The molecule has 0 radical (unpaired) electrons. The van der Waals surface area contributed by atoms with Crippen LogP contribution in [-0.4, -0.2) is 55.8 Å². The summed E-state index contributed by atoms with van der Waals surface area (Å²) in [6.07, 6.45) is 4.01. The molecule has 0 bridgehead atoms. The average molecular weight is 508 g/mol. The first-order valence-electron chi connectivity index (χ1n) is 11.8. The van der Waals surface area contributed by atoms with Crippen molar-refractivity contribution in [1.82, 2.24) is 14.3 Å². The van der Waals surface area contributed by atoms with Crippen LogP contribution in [0.2, 0.25) is 0 Å². The Morgan fingerprint density at radius 2 is 1.83 bits per heavy atom. The van der Waals surface area contributed by atoms with Gasteiger partial charge in [0.25, 0.3) is 5.91 Å². The number of sulfonamides is 1. The molecular weight excluding hydrogens is 478 g/mol. The number of amides is 1. The number of rotatable bonds is 5. The van der Waals surface area contributed by atoms with Gasteiger partial charge in [-0.3, -0.25) is 4.79 Å². The van der Waals surface area contributed by atoms with Gasteiger partial charge in [0.2, 0.25) is 10.0 Å². The minimum atomic E-state index is -3.50. The van der Waals surface area contributed by atoms with Crippen LogP contribution < -0.4 is 14.5 Å². The first kappa shape index (κ1) is 24.2. The summed E-state index contributed by atoms with van der Waals surface area (Å²) in [5.41, 5.74) is 2.19. The highest BCUT2D eigenvalue weighted by Crippen LogP contribution is 2.44. The summed E-state index contributed by atoms with van der Waals surface area (Å²) in [4.78, 5) is 26.3. The SMILES string of the molecule is CCN1c2ncc(CCOc3ccc4c(c3)C(C)(C)N(C)S4(=O)=O)cc2C(=O)N(C)c2cccnc21. The standard InChI is InChI=1S/C26H29N5O4S/c1-6-31-23-19(25(32)29(4)21-8-7-12-27-24(21)31)14-17(16-28-23)11-13-35-18-9-10-22-20(15-18)26(2,3)30(5)36(22,33)34/h7-10,12,14-16H,6,11,13H2,1-5H3. The Morgan fingerprint density at radius 1 is 1.06 bits per heavy atom. The molecule has 0 atom stereocenters. The molecule has 2 aliphatic rings. The Balaban J connectivity index is 1.37. The number of anilines is 3. The van der Waals surface area contributed by atoms with E-state index in [-0.39, 0.29) is 5.91 Å². The van der Waals surface area contributed by atoms with Crippen LogP contribution in [0.25, 0.3) is 0 Å². The van der Waals surface area contributed by atoms with Crippen molar-refractivity contribution >= 4 is 33.3 Å². The molecule has 9 nitrogen and oxygen atoms in total. The molecular formula is C26H29N5O4S. The second-order valence-corrected chi connectivity index (χ2v) is 11.4. The Morgan fingerprint density at radius 3 is 2.58 bits per heavy atom. The first-order valence-corrected chi connectivity index (χ1v) is 13.3. The predicted octanol–water partition coefficient (Wildman–Crippen LogP) is 3.72. The van der Waals surface area contributed by atoms with E-state index in [0.29, 0.717) is 47.4 Å². The molecule has 1 aromatic carbocycles. The van der Waals surface area contributed by atoms with Crippen molar-refractivity contribution in [2.24, 2.45) is 0 Å². The maximum Gasteiger partial charge on any atom is 0.261 e.